The third-order valence-corrected chi connectivity index (χ3v) is 3.18. The van der Waals surface area contributed by atoms with Crippen LogP contribution in [0.2, 0.25) is 0 Å². The van der Waals surface area contributed by atoms with Crippen LogP contribution in [0, 0.1) is 5.92 Å². The largest absolute Gasteiger partial charge is 0.581 e. The molecule has 10 heteroatoms. The highest BCUT2D eigenvalue weighted by Gasteiger charge is 2.38. The summed E-state index contributed by atoms with van der Waals surface area (Å²) in [5, 5.41) is 9.70. The minimum absolute atomic E-state index is 0.0810. The van der Waals surface area contributed by atoms with Crippen molar-refractivity contribution < 1.29 is 32.4 Å². The monoisotopic (exact) mass is 316 g/mol. The van der Waals surface area contributed by atoms with Crippen molar-refractivity contribution in [2.75, 3.05) is 20.1 Å². The molecule has 0 amide bonds. The summed E-state index contributed by atoms with van der Waals surface area (Å²) in [6.45, 7) is 0.220. The smallest absolute Gasteiger partial charge is 0.504 e. The van der Waals surface area contributed by atoms with Gasteiger partial charge in [0.2, 0.25) is 0 Å². The fourth-order valence-corrected chi connectivity index (χ4v) is 2.07. The predicted octanol–water partition coefficient (Wildman–Crippen LogP) is -0.538. The number of nitrogens with zero attached hydrogens (tertiary/aromatic N) is 2. The molecule has 0 saturated carbocycles. The number of ketones is 1. The first-order valence-corrected chi connectivity index (χ1v) is 6.31. The maximum atomic E-state index is 12.6. The number of rotatable bonds is 3. The van der Waals surface area contributed by atoms with E-state index in [1.54, 1.807) is 11.9 Å². The highest BCUT2D eigenvalue weighted by Crippen LogP contribution is 2.27. The van der Waals surface area contributed by atoms with E-state index >= 15 is 0 Å². The highest BCUT2D eigenvalue weighted by molar-refractivity contribution is 6.60. The summed E-state index contributed by atoms with van der Waals surface area (Å²) in [6.07, 6.45) is -3.75. The number of hydrogen-bond acceptors (Lipinski definition) is 6. The third kappa shape index (κ3) is 3.63. The normalized spacial score (nSPS) is 19.3. The van der Waals surface area contributed by atoms with Gasteiger partial charge in [0.1, 0.15) is 5.92 Å². The summed E-state index contributed by atoms with van der Waals surface area (Å²) >= 11 is 0. The molecular formula is C12H12BF3N2O4. The first-order valence-electron chi connectivity index (χ1n) is 6.31. The van der Waals surface area contributed by atoms with Gasteiger partial charge in [-0.25, -0.2) is 0 Å². The summed E-state index contributed by atoms with van der Waals surface area (Å²) < 4.78 is 42.3. The molecule has 1 atom stereocenters. The van der Waals surface area contributed by atoms with E-state index < -0.39 is 36.3 Å². The molecule has 0 aromatic carbocycles. The predicted molar refractivity (Wildman–Crippen MR) is 68.9 cm³/mol. The average Bonchev–Trinajstić information content (AvgIpc) is 2.77. The van der Waals surface area contributed by atoms with Crippen molar-refractivity contribution in [1.29, 1.82) is 0 Å². The van der Waals surface area contributed by atoms with Crippen LogP contribution in [0.15, 0.2) is 18.3 Å². The number of halogens is 3. The molecule has 0 bridgehead atoms. The number of hydrogen-bond donors (Lipinski definition) is 1. The number of aromatic nitrogens is 1. The van der Waals surface area contributed by atoms with Crippen molar-refractivity contribution >= 4 is 24.5 Å². The van der Waals surface area contributed by atoms with Crippen molar-refractivity contribution in [3.8, 4) is 0 Å². The zero-order valence-electron chi connectivity index (χ0n) is 11.5. The fourth-order valence-electron chi connectivity index (χ4n) is 2.07. The van der Waals surface area contributed by atoms with Gasteiger partial charge in [-0.1, -0.05) is 0 Å². The number of carbonyl (C=O) groups is 2. The Labute approximate surface area is 124 Å². The fraction of sp³-hybridized carbons (Fsp3) is 0.417. The minimum atomic E-state index is -4.61. The number of pyridine rings is 1. The van der Waals surface area contributed by atoms with Gasteiger partial charge in [-0.3, -0.25) is 19.5 Å². The summed E-state index contributed by atoms with van der Waals surface area (Å²) in [6, 6.07) is 1.31. The van der Waals surface area contributed by atoms with E-state index in [0.29, 0.717) is 6.07 Å². The van der Waals surface area contributed by atoms with E-state index in [1.165, 1.54) is 0 Å². The summed E-state index contributed by atoms with van der Waals surface area (Å²) in [5.41, 5.74) is -1.48. The lowest BCUT2D eigenvalue weighted by Gasteiger charge is -2.13. The topological polar surface area (TPSA) is 79.7 Å². The van der Waals surface area contributed by atoms with Crippen molar-refractivity contribution in [3.05, 3.63) is 23.9 Å². The zero-order chi connectivity index (χ0) is 16.5. The van der Waals surface area contributed by atoms with Gasteiger partial charge in [0, 0.05) is 12.7 Å². The maximum absolute atomic E-state index is 12.6. The quantitative estimate of drug-likeness (QED) is 0.596. The highest BCUT2D eigenvalue weighted by atomic mass is 19.4. The van der Waals surface area contributed by atoms with Crippen LogP contribution in [-0.2, 0) is 20.4 Å². The minimum Gasteiger partial charge on any atom is -0.504 e. The third-order valence-electron chi connectivity index (χ3n) is 3.18. The van der Waals surface area contributed by atoms with E-state index in [1.807, 2.05) is 0 Å². The van der Waals surface area contributed by atoms with Crippen LogP contribution >= 0.6 is 0 Å². The average molecular weight is 316 g/mol. The second-order valence-electron chi connectivity index (χ2n) is 4.97. The molecule has 0 radical (unpaired) electrons. The SMILES string of the molecule is CN1CC(=O)C(C(=O)OB(O)c2cc(C(F)(F)F)ccn2)C1. The Kier molecular flexibility index (Phi) is 4.52. The van der Waals surface area contributed by atoms with Gasteiger partial charge in [0.15, 0.2) is 5.78 Å². The van der Waals surface area contributed by atoms with Crippen LogP contribution in [0.25, 0.3) is 0 Å². The number of likely N-dealkylation sites (N-methyl/N-ethyl adjacent to an activating group) is 1. The summed E-state index contributed by atoms with van der Waals surface area (Å²) in [5.74, 6) is -2.40. The van der Waals surface area contributed by atoms with Gasteiger partial charge >= 0.3 is 19.3 Å². The lowest BCUT2D eigenvalue weighted by molar-refractivity contribution is -0.143. The molecule has 6 nitrogen and oxygen atoms in total. The van der Waals surface area contributed by atoms with E-state index in [9.17, 15) is 27.8 Å². The van der Waals surface area contributed by atoms with Crippen LogP contribution in [0.5, 0.6) is 0 Å². The van der Waals surface area contributed by atoms with Gasteiger partial charge in [-0.05, 0) is 19.2 Å². The molecule has 22 heavy (non-hydrogen) atoms. The molecular weight excluding hydrogens is 304 g/mol. The van der Waals surface area contributed by atoms with E-state index in [0.717, 1.165) is 12.3 Å². The number of carbonyl (C=O) groups excluding carboxylic acids is 2. The van der Waals surface area contributed by atoms with Gasteiger partial charge in [0.05, 0.1) is 17.7 Å². The van der Waals surface area contributed by atoms with Crippen molar-refractivity contribution in [2.45, 2.75) is 6.18 Å². The lowest BCUT2D eigenvalue weighted by Crippen LogP contribution is -2.41. The molecule has 2 rings (SSSR count). The summed E-state index contributed by atoms with van der Waals surface area (Å²) in [4.78, 5) is 28.5. The summed E-state index contributed by atoms with van der Waals surface area (Å²) in [7, 11) is -0.329. The standard InChI is InChI=1S/C12H12BF3N2O4/c1-18-5-8(9(19)6-18)11(20)22-13(21)10-4-7(2-3-17-10)12(14,15)16/h2-4,8,21H,5-6H2,1H3. The van der Waals surface area contributed by atoms with Crippen LogP contribution in [0.4, 0.5) is 13.2 Å². The molecule has 1 aromatic rings. The Hall–Kier alpha value is -1.94. The molecule has 1 aromatic heterocycles. The first kappa shape index (κ1) is 16.4. The lowest BCUT2D eigenvalue weighted by atomic mass is 9.83. The molecule has 1 aliphatic heterocycles. The Bertz CT molecular complexity index is 596. The Morgan fingerprint density at radius 3 is 2.77 bits per heavy atom. The van der Waals surface area contributed by atoms with Gasteiger partial charge < -0.3 is 9.68 Å². The second-order valence-corrected chi connectivity index (χ2v) is 4.97. The number of Topliss-reactive ketones (excluding diaryl/α,β-unsaturated/α-hetero) is 1. The van der Waals surface area contributed by atoms with Gasteiger partial charge in [-0.15, -0.1) is 0 Å². The molecule has 1 saturated heterocycles. The van der Waals surface area contributed by atoms with Crippen molar-refractivity contribution in [2.24, 2.45) is 5.92 Å². The van der Waals surface area contributed by atoms with E-state index in [2.05, 4.69) is 9.64 Å². The van der Waals surface area contributed by atoms with Crippen LogP contribution in [0.1, 0.15) is 5.56 Å². The van der Waals surface area contributed by atoms with Crippen molar-refractivity contribution in [1.82, 2.24) is 9.88 Å². The molecule has 0 spiro atoms. The Morgan fingerprint density at radius 2 is 2.23 bits per heavy atom. The zero-order valence-corrected chi connectivity index (χ0v) is 11.5. The molecule has 118 valence electrons. The molecule has 0 aliphatic carbocycles. The molecule has 2 heterocycles. The number of alkyl halides is 3. The molecule has 1 unspecified atom stereocenters. The van der Waals surface area contributed by atoms with Crippen LogP contribution in [0.3, 0.4) is 0 Å². The van der Waals surface area contributed by atoms with E-state index in [4.69, 9.17) is 0 Å². The molecule has 1 N–H and O–H groups in total. The van der Waals surface area contributed by atoms with Crippen LogP contribution in [-0.4, -0.2) is 53.9 Å². The maximum Gasteiger partial charge on any atom is 0.581 e. The second kappa shape index (κ2) is 6.05. The van der Waals surface area contributed by atoms with Crippen molar-refractivity contribution in [3.63, 3.8) is 0 Å². The molecule has 1 fully saturated rings. The van der Waals surface area contributed by atoms with E-state index in [-0.39, 0.29) is 18.9 Å². The first-order chi connectivity index (χ1) is 10.2. The van der Waals surface area contributed by atoms with Crippen LogP contribution < -0.4 is 5.59 Å². The molecule has 1 aliphatic rings. The number of likely N-dealkylation sites (tertiary alicyclic amines) is 1. The van der Waals surface area contributed by atoms with Gasteiger partial charge in [-0.2, -0.15) is 13.2 Å². The Balaban J connectivity index is 2.08. The van der Waals surface area contributed by atoms with Gasteiger partial charge in [0.25, 0.3) is 0 Å². The Morgan fingerprint density at radius 1 is 1.55 bits per heavy atom.